The van der Waals surface area contributed by atoms with Gasteiger partial charge in [0.15, 0.2) is 0 Å². The Morgan fingerprint density at radius 2 is 2.00 bits per heavy atom. The third-order valence-corrected chi connectivity index (χ3v) is 2.32. The van der Waals surface area contributed by atoms with Gasteiger partial charge in [0.1, 0.15) is 0 Å². The number of imidazole rings is 1. The van der Waals surface area contributed by atoms with Crippen molar-refractivity contribution in [3.63, 3.8) is 0 Å². The van der Waals surface area contributed by atoms with Gasteiger partial charge in [0.25, 0.3) is 0 Å². The molecule has 1 heterocycles. The van der Waals surface area contributed by atoms with Crippen LogP contribution in [0.2, 0.25) is 0 Å². The van der Waals surface area contributed by atoms with Gasteiger partial charge in [0.2, 0.25) is 0 Å². The maximum Gasteiger partial charge on any atom is 0.418 e. The van der Waals surface area contributed by atoms with Crippen LogP contribution >= 0.6 is 0 Å². The fourth-order valence-electron chi connectivity index (χ4n) is 1.56. The predicted molar refractivity (Wildman–Crippen MR) is 57.7 cm³/mol. The molecule has 17 heavy (non-hydrogen) atoms. The second-order valence-corrected chi connectivity index (χ2v) is 3.70. The zero-order valence-corrected chi connectivity index (χ0v) is 8.99. The molecule has 0 atom stereocenters. The van der Waals surface area contributed by atoms with Crippen LogP contribution < -0.4 is 5.73 Å². The lowest BCUT2D eigenvalue weighted by molar-refractivity contribution is -0.137. The first kappa shape index (κ1) is 11.5. The van der Waals surface area contributed by atoms with Crippen molar-refractivity contribution in [3.05, 3.63) is 42.0 Å². The largest absolute Gasteiger partial charge is 0.418 e. The van der Waals surface area contributed by atoms with Gasteiger partial charge < -0.3 is 10.3 Å². The monoisotopic (exact) mass is 241 g/mol. The molecule has 0 aliphatic heterocycles. The van der Waals surface area contributed by atoms with E-state index in [0.717, 1.165) is 6.07 Å². The quantitative estimate of drug-likeness (QED) is 0.780. The maximum absolute atomic E-state index is 12.8. The minimum Gasteiger partial charge on any atom is -0.399 e. The van der Waals surface area contributed by atoms with Crippen LogP contribution in [0.3, 0.4) is 0 Å². The van der Waals surface area contributed by atoms with Crippen LogP contribution in [0, 0.1) is 6.92 Å². The van der Waals surface area contributed by atoms with Crippen LogP contribution in [-0.4, -0.2) is 9.55 Å². The van der Waals surface area contributed by atoms with Crippen molar-refractivity contribution in [1.29, 1.82) is 0 Å². The van der Waals surface area contributed by atoms with Crippen molar-refractivity contribution in [2.24, 2.45) is 0 Å². The molecule has 0 aliphatic rings. The van der Waals surface area contributed by atoms with E-state index in [9.17, 15) is 13.2 Å². The molecule has 0 saturated heterocycles. The van der Waals surface area contributed by atoms with Crippen LogP contribution in [0.15, 0.2) is 30.7 Å². The van der Waals surface area contributed by atoms with Crippen molar-refractivity contribution in [3.8, 4) is 5.69 Å². The first-order valence-electron chi connectivity index (χ1n) is 4.85. The SMILES string of the molecule is Cc1cn(-c2ccc(N)cc2C(F)(F)F)cn1. The molecule has 0 amide bonds. The van der Waals surface area contributed by atoms with Crippen molar-refractivity contribution in [2.45, 2.75) is 13.1 Å². The van der Waals surface area contributed by atoms with Crippen molar-refractivity contribution < 1.29 is 13.2 Å². The van der Waals surface area contributed by atoms with Gasteiger partial charge in [-0.1, -0.05) is 0 Å². The highest BCUT2D eigenvalue weighted by atomic mass is 19.4. The fourth-order valence-corrected chi connectivity index (χ4v) is 1.56. The molecule has 1 aromatic heterocycles. The molecular weight excluding hydrogens is 231 g/mol. The number of rotatable bonds is 1. The van der Waals surface area contributed by atoms with E-state index in [2.05, 4.69) is 4.98 Å². The smallest absolute Gasteiger partial charge is 0.399 e. The summed E-state index contributed by atoms with van der Waals surface area (Å²) in [6.45, 7) is 1.71. The number of alkyl halides is 3. The van der Waals surface area contributed by atoms with E-state index in [-0.39, 0.29) is 11.4 Å². The first-order chi connectivity index (χ1) is 7.88. The Bertz CT molecular complexity index is 543. The van der Waals surface area contributed by atoms with Gasteiger partial charge in [-0.05, 0) is 25.1 Å². The summed E-state index contributed by atoms with van der Waals surface area (Å²) in [5.74, 6) is 0. The van der Waals surface area contributed by atoms with E-state index in [1.54, 1.807) is 6.92 Å². The second-order valence-electron chi connectivity index (χ2n) is 3.70. The van der Waals surface area contributed by atoms with Crippen LogP contribution in [0.25, 0.3) is 5.69 Å². The van der Waals surface area contributed by atoms with Gasteiger partial charge in [0.05, 0.1) is 23.3 Å². The highest BCUT2D eigenvalue weighted by molar-refractivity contribution is 5.52. The van der Waals surface area contributed by atoms with E-state index in [1.807, 2.05) is 0 Å². The Balaban J connectivity index is 2.61. The summed E-state index contributed by atoms with van der Waals surface area (Å²) < 4.78 is 39.8. The van der Waals surface area contributed by atoms with E-state index in [4.69, 9.17) is 5.73 Å². The molecule has 6 heteroatoms. The number of anilines is 1. The summed E-state index contributed by atoms with van der Waals surface area (Å²) in [7, 11) is 0. The van der Waals surface area contributed by atoms with Gasteiger partial charge in [-0.2, -0.15) is 13.2 Å². The lowest BCUT2D eigenvalue weighted by Crippen LogP contribution is -2.10. The van der Waals surface area contributed by atoms with Crippen molar-refractivity contribution in [1.82, 2.24) is 9.55 Å². The molecule has 2 rings (SSSR count). The third-order valence-electron chi connectivity index (χ3n) is 2.32. The summed E-state index contributed by atoms with van der Waals surface area (Å²) in [5, 5.41) is 0. The summed E-state index contributed by atoms with van der Waals surface area (Å²) in [6.07, 6.45) is -1.57. The summed E-state index contributed by atoms with van der Waals surface area (Å²) in [5.41, 5.74) is 5.36. The molecule has 0 saturated carbocycles. The summed E-state index contributed by atoms with van der Waals surface area (Å²) >= 11 is 0. The molecule has 0 spiro atoms. The number of nitrogen functional groups attached to an aromatic ring is 1. The Kier molecular flexibility index (Phi) is 2.57. The number of aromatic nitrogens is 2. The fraction of sp³-hybridized carbons (Fsp3) is 0.182. The number of nitrogens with zero attached hydrogens (tertiary/aromatic N) is 2. The molecule has 0 aliphatic carbocycles. The van der Waals surface area contributed by atoms with Crippen molar-refractivity contribution >= 4 is 5.69 Å². The summed E-state index contributed by atoms with van der Waals surface area (Å²) in [4.78, 5) is 3.90. The number of hydrogen-bond donors (Lipinski definition) is 1. The Hall–Kier alpha value is -1.98. The first-order valence-corrected chi connectivity index (χ1v) is 4.85. The average Bonchev–Trinajstić information content (AvgIpc) is 2.63. The lowest BCUT2D eigenvalue weighted by atomic mass is 10.1. The van der Waals surface area contributed by atoms with Gasteiger partial charge in [-0.15, -0.1) is 0 Å². The molecule has 1 aromatic carbocycles. The summed E-state index contributed by atoms with van der Waals surface area (Å²) in [6, 6.07) is 3.68. The van der Waals surface area contributed by atoms with Gasteiger partial charge in [-0.3, -0.25) is 0 Å². The molecule has 2 aromatic rings. The highest BCUT2D eigenvalue weighted by Crippen LogP contribution is 2.35. The van der Waals surface area contributed by atoms with E-state index in [1.165, 1.54) is 29.2 Å². The zero-order chi connectivity index (χ0) is 12.6. The molecule has 0 fully saturated rings. The van der Waals surface area contributed by atoms with E-state index < -0.39 is 11.7 Å². The van der Waals surface area contributed by atoms with E-state index >= 15 is 0 Å². The molecular formula is C11H10F3N3. The number of aryl methyl sites for hydroxylation is 1. The third kappa shape index (κ3) is 2.25. The molecule has 2 N–H and O–H groups in total. The Morgan fingerprint density at radius 3 is 2.53 bits per heavy atom. The Morgan fingerprint density at radius 1 is 1.29 bits per heavy atom. The average molecular weight is 241 g/mol. The number of halogens is 3. The maximum atomic E-state index is 12.8. The standard InChI is InChI=1S/C11H10F3N3/c1-7-5-17(6-16-7)10-3-2-8(15)4-9(10)11(12,13)14/h2-6H,15H2,1H3. The molecule has 0 radical (unpaired) electrons. The number of hydrogen-bond acceptors (Lipinski definition) is 2. The van der Waals surface area contributed by atoms with Crippen LogP contribution in [-0.2, 0) is 6.18 Å². The predicted octanol–water partition coefficient (Wildman–Crippen LogP) is 2.78. The normalized spacial score (nSPS) is 11.8. The minimum absolute atomic E-state index is 0.0206. The topological polar surface area (TPSA) is 43.8 Å². The van der Waals surface area contributed by atoms with Crippen LogP contribution in [0.5, 0.6) is 0 Å². The van der Waals surface area contributed by atoms with Gasteiger partial charge in [-0.25, -0.2) is 4.98 Å². The van der Waals surface area contributed by atoms with Gasteiger partial charge in [0, 0.05) is 11.9 Å². The van der Waals surface area contributed by atoms with Crippen LogP contribution in [0.4, 0.5) is 18.9 Å². The highest BCUT2D eigenvalue weighted by Gasteiger charge is 2.34. The zero-order valence-electron chi connectivity index (χ0n) is 8.99. The van der Waals surface area contributed by atoms with Gasteiger partial charge >= 0.3 is 6.18 Å². The number of nitrogens with two attached hydrogens (primary N) is 1. The minimum atomic E-state index is -4.44. The number of benzene rings is 1. The lowest BCUT2D eigenvalue weighted by Gasteiger charge is -2.13. The molecule has 3 nitrogen and oxygen atoms in total. The van der Waals surface area contributed by atoms with Crippen molar-refractivity contribution in [2.75, 3.05) is 5.73 Å². The van der Waals surface area contributed by atoms with E-state index in [0.29, 0.717) is 5.69 Å². The van der Waals surface area contributed by atoms with Crippen LogP contribution in [0.1, 0.15) is 11.3 Å². The Labute approximate surface area is 95.7 Å². The molecule has 90 valence electrons. The molecule has 0 unspecified atom stereocenters. The second kappa shape index (κ2) is 3.80. The molecule has 0 bridgehead atoms.